The zero-order valence-electron chi connectivity index (χ0n) is 18.4. The van der Waals surface area contributed by atoms with Gasteiger partial charge in [-0.15, -0.1) is 0 Å². The normalized spacial score (nSPS) is 10.6. The summed E-state index contributed by atoms with van der Waals surface area (Å²) in [7, 11) is 0. The van der Waals surface area contributed by atoms with E-state index in [4.69, 9.17) is 14.3 Å². The number of carboxylic acids is 1. The fraction of sp³-hybridized carbons (Fsp3) is 0.304. The van der Waals surface area contributed by atoms with Gasteiger partial charge in [0, 0.05) is 12.3 Å². The zero-order chi connectivity index (χ0) is 20.1. The molecule has 6 heteroatoms. The third-order valence-corrected chi connectivity index (χ3v) is 4.51. The Morgan fingerprint density at radius 1 is 1.21 bits per heavy atom. The van der Waals surface area contributed by atoms with Crippen molar-refractivity contribution in [3.05, 3.63) is 71.4 Å². The molecule has 1 heterocycles. The van der Waals surface area contributed by atoms with Gasteiger partial charge in [0.1, 0.15) is 11.5 Å². The molecular weight excluding hydrogens is 377 g/mol. The van der Waals surface area contributed by atoms with Crippen LogP contribution in [-0.2, 0) is 17.6 Å². The average molecular weight is 403 g/mol. The van der Waals surface area contributed by atoms with Crippen LogP contribution >= 0.6 is 0 Å². The number of carboxylic acid groups (broad SMARTS) is 1. The number of rotatable bonds is 8. The fourth-order valence-electron chi connectivity index (χ4n) is 3.07. The number of oxazole rings is 1. The van der Waals surface area contributed by atoms with Gasteiger partial charge in [-0.3, -0.25) is 4.79 Å². The molecule has 0 radical (unpaired) electrons. The fourth-order valence-corrected chi connectivity index (χ4v) is 3.07. The van der Waals surface area contributed by atoms with Gasteiger partial charge < -0.3 is 15.7 Å². The van der Waals surface area contributed by atoms with Crippen LogP contribution in [-0.4, -0.2) is 22.7 Å². The molecule has 3 aromatic rings. The molecule has 29 heavy (non-hydrogen) atoms. The second-order valence-electron chi connectivity index (χ2n) is 7.06. The van der Waals surface area contributed by atoms with Crippen LogP contribution in [0.25, 0.3) is 11.1 Å². The molecule has 0 saturated heterocycles. The summed E-state index contributed by atoms with van der Waals surface area (Å²) in [4.78, 5) is 15.7. The molecule has 0 unspecified atom stereocenters. The minimum absolute atomic E-state index is 0. The summed E-state index contributed by atoms with van der Waals surface area (Å²) in [6, 6.07) is 15.3. The number of aliphatic carboxylic acids is 1. The first-order valence-corrected chi connectivity index (χ1v) is 9.43. The topological polar surface area (TPSA) is 72.6 Å². The first-order chi connectivity index (χ1) is 13.4. The number of aryl methyl sites for hydroxylation is 1. The molecule has 0 atom stereocenters. The van der Waals surface area contributed by atoms with E-state index in [1.54, 1.807) is 0 Å². The molecule has 0 saturated carbocycles. The predicted molar refractivity (Wildman–Crippen MR) is 109 cm³/mol. The number of nitrogens with zero attached hydrogens (tertiary/aromatic N) is 1. The molecule has 0 aliphatic carbocycles. The maximum absolute atomic E-state index is 11.1. The Kier molecular flexibility index (Phi) is 8.50. The van der Waals surface area contributed by atoms with Crippen molar-refractivity contribution in [1.29, 1.82) is 0 Å². The SMILES string of the molecule is Cc1oc(C(C)C)nc1CCOc1cccc(-c2ccccc2CC(=O)O)c1.[H-].[Na+]. The third kappa shape index (κ3) is 6.20. The van der Waals surface area contributed by atoms with Crippen molar-refractivity contribution in [3.63, 3.8) is 0 Å². The Morgan fingerprint density at radius 3 is 2.66 bits per heavy atom. The van der Waals surface area contributed by atoms with Crippen LogP contribution in [0.4, 0.5) is 0 Å². The third-order valence-electron chi connectivity index (χ3n) is 4.51. The van der Waals surface area contributed by atoms with Crippen molar-refractivity contribution in [1.82, 2.24) is 4.98 Å². The van der Waals surface area contributed by atoms with Gasteiger partial charge >= 0.3 is 35.5 Å². The first-order valence-electron chi connectivity index (χ1n) is 9.43. The van der Waals surface area contributed by atoms with E-state index in [-0.39, 0.29) is 43.3 Å². The van der Waals surface area contributed by atoms with Gasteiger partial charge in [0.25, 0.3) is 0 Å². The Morgan fingerprint density at radius 2 is 1.97 bits per heavy atom. The largest absolute Gasteiger partial charge is 1.00 e. The summed E-state index contributed by atoms with van der Waals surface area (Å²) in [6.45, 7) is 6.53. The van der Waals surface area contributed by atoms with Crippen molar-refractivity contribution in [2.75, 3.05) is 6.61 Å². The minimum Gasteiger partial charge on any atom is -1.00 e. The van der Waals surface area contributed by atoms with E-state index in [9.17, 15) is 4.79 Å². The quantitative estimate of drug-likeness (QED) is 0.584. The minimum atomic E-state index is -0.844. The van der Waals surface area contributed by atoms with Gasteiger partial charge in [-0.05, 0) is 35.7 Å². The molecule has 2 aromatic carbocycles. The molecular formula is C23H26NNaO4. The molecule has 0 aliphatic heterocycles. The van der Waals surface area contributed by atoms with Gasteiger partial charge in [-0.1, -0.05) is 50.2 Å². The monoisotopic (exact) mass is 403 g/mol. The summed E-state index contributed by atoms with van der Waals surface area (Å²) >= 11 is 0. The number of carbonyl (C=O) groups is 1. The van der Waals surface area contributed by atoms with Crippen molar-refractivity contribution in [2.45, 2.75) is 39.5 Å². The summed E-state index contributed by atoms with van der Waals surface area (Å²) in [6.07, 6.45) is 0.659. The summed E-state index contributed by atoms with van der Waals surface area (Å²) in [5.41, 5.74) is 3.55. The molecule has 0 spiro atoms. The maximum atomic E-state index is 11.1. The molecule has 0 bridgehead atoms. The molecule has 3 rings (SSSR count). The van der Waals surface area contributed by atoms with Crippen LogP contribution in [0.3, 0.4) is 0 Å². The number of hydrogen-bond donors (Lipinski definition) is 1. The predicted octanol–water partition coefficient (Wildman–Crippen LogP) is 2.14. The first kappa shape index (κ1) is 23.2. The van der Waals surface area contributed by atoms with E-state index < -0.39 is 5.97 Å². The Balaban J connectivity index is 0.00000225. The van der Waals surface area contributed by atoms with Gasteiger partial charge in [-0.2, -0.15) is 0 Å². The molecule has 5 nitrogen and oxygen atoms in total. The van der Waals surface area contributed by atoms with Gasteiger partial charge in [-0.25, -0.2) is 4.98 Å². The van der Waals surface area contributed by atoms with E-state index in [2.05, 4.69) is 18.8 Å². The van der Waals surface area contributed by atoms with Crippen molar-refractivity contribution in [3.8, 4) is 16.9 Å². The van der Waals surface area contributed by atoms with Crippen LogP contribution < -0.4 is 34.3 Å². The van der Waals surface area contributed by atoms with Crippen LogP contribution in [0.2, 0.25) is 0 Å². The van der Waals surface area contributed by atoms with E-state index in [0.29, 0.717) is 13.0 Å². The second kappa shape index (κ2) is 10.6. The van der Waals surface area contributed by atoms with Gasteiger partial charge in [0.15, 0.2) is 5.89 Å². The smallest absolute Gasteiger partial charge is 1.00 e. The number of aromatic nitrogens is 1. The van der Waals surface area contributed by atoms with Crippen LogP contribution in [0.5, 0.6) is 5.75 Å². The number of hydrogen-bond acceptors (Lipinski definition) is 4. The summed E-state index contributed by atoms with van der Waals surface area (Å²) < 4.78 is 11.6. The molecule has 0 aliphatic rings. The average Bonchev–Trinajstić information content (AvgIpc) is 3.03. The molecule has 0 fully saturated rings. The van der Waals surface area contributed by atoms with Gasteiger partial charge in [0.05, 0.1) is 18.7 Å². The zero-order valence-corrected chi connectivity index (χ0v) is 19.4. The van der Waals surface area contributed by atoms with E-state index >= 15 is 0 Å². The number of benzene rings is 2. The van der Waals surface area contributed by atoms with E-state index in [0.717, 1.165) is 39.8 Å². The second-order valence-corrected chi connectivity index (χ2v) is 7.06. The molecule has 1 aromatic heterocycles. The van der Waals surface area contributed by atoms with Crippen LogP contribution in [0.15, 0.2) is 52.9 Å². The molecule has 1 N–H and O–H groups in total. The standard InChI is InChI=1S/C23H25NO4.Na.H/c1-15(2)23-24-21(16(3)28-23)11-12-27-19-9-6-8-17(13-19)20-10-5-4-7-18(20)14-22(25)26;;/h4-10,13,15H,11-12,14H2,1-3H3,(H,25,26);;/q;+1;-1. The Labute approximate surface area is 194 Å². The van der Waals surface area contributed by atoms with Crippen molar-refractivity contribution < 1.29 is 50.0 Å². The summed E-state index contributed by atoms with van der Waals surface area (Å²) in [5.74, 6) is 1.75. The van der Waals surface area contributed by atoms with E-state index in [1.165, 1.54) is 0 Å². The Hall–Kier alpha value is -2.08. The summed E-state index contributed by atoms with van der Waals surface area (Å²) in [5, 5.41) is 9.14. The van der Waals surface area contributed by atoms with Crippen molar-refractivity contribution in [2.24, 2.45) is 0 Å². The van der Waals surface area contributed by atoms with E-state index in [1.807, 2.05) is 55.5 Å². The van der Waals surface area contributed by atoms with Gasteiger partial charge in [0.2, 0.25) is 0 Å². The van der Waals surface area contributed by atoms with Crippen LogP contribution in [0.1, 0.15) is 44.1 Å². The molecule has 148 valence electrons. The van der Waals surface area contributed by atoms with Crippen molar-refractivity contribution >= 4 is 5.97 Å². The molecule has 0 amide bonds. The number of ether oxygens (including phenoxy) is 1. The maximum Gasteiger partial charge on any atom is 1.00 e. The Bertz CT molecular complexity index is 971. The van der Waals surface area contributed by atoms with Crippen LogP contribution in [0, 0.1) is 6.92 Å².